The third-order valence-electron chi connectivity index (χ3n) is 4.04. The van der Waals surface area contributed by atoms with E-state index in [2.05, 4.69) is 31.2 Å². The van der Waals surface area contributed by atoms with Crippen LogP contribution in [0.4, 0.5) is 11.6 Å². The van der Waals surface area contributed by atoms with Gasteiger partial charge in [0.1, 0.15) is 11.6 Å². The Morgan fingerprint density at radius 1 is 1.25 bits per heavy atom. The fraction of sp³-hybridized carbons (Fsp3) is 0.714. The normalized spacial score (nSPS) is 20.2. The molecule has 1 saturated heterocycles. The first kappa shape index (κ1) is 13.9. The number of nitrogens with zero attached hydrogens (tertiary/aromatic N) is 4. The molecule has 2 heterocycles. The topological polar surface area (TPSA) is 44.3 Å². The number of aromatic nitrogens is 2. The van der Waals surface area contributed by atoms with Gasteiger partial charge in [-0.15, -0.1) is 0 Å². The smallest absolute Gasteiger partial charge is 0.191 e. The quantitative estimate of drug-likeness (QED) is 0.659. The first-order chi connectivity index (χ1) is 9.78. The van der Waals surface area contributed by atoms with Crippen molar-refractivity contribution in [3.05, 3.63) is 6.07 Å². The van der Waals surface area contributed by atoms with Gasteiger partial charge in [-0.25, -0.2) is 9.97 Å². The Bertz CT molecular complexity index is 433. The monoisotopic (exact) mass is 293 g/mol. The van der Waals surface area contributed by atoms with E-state index in [1.807, 2.05) is 13.3 Å². The zero-order valence-electron chi connectivity index (χ0n) is 12.3. The number of thioether (sulfide) groups is 1. The molecule has 1 aliphatic carbocycles. The van der Waals surface area contributed by atoms with E-state index >= 15 is 0 Å². The van der Waals surface area contributed by atoms with Gasteiger partial charge in [0.2, 0.25) is 0 Å². The van der Waals surface area contributed by atoms with Gasteiger partial charge in [-0.05, 0) is 25.0 Å². The average Bonchev–Trinajstić information content (AvgIpc) is 3.31. The summed E-state index contributed by atoms with van der Waals surface area (Å²) in [6.07, 6.45) is 4.90. The molecule has 1 aromatic rings. The van der Waals surface area contributed by atoms with Gasteiger partial charge < -0.3 is 10.2 Å². The second-order valence-corrected chi connectivity index (χ2v) is 6.35. The van der Waals surface area contributed by atoms with Gasteiger partial charge >= 0.3 is 0 Å². The second-order valence-electron chi connectivity index (χ2n) is 5.58. The molecular weight excluding hydrogens is 270 g/mol. The van der Waals surface area contributed by atoms with Gasteiger partial charge in [-0.2, -0.15) is 0 Å². The maximum absolute atomic E-state index is 4.64. The summed E-state index contributed by atoms with van der Waals surface area (Å²) in [5, 5.41) is 3.96. The minimum absolute atomic E-state index is 0.840. The molecule has 2 aliphatic rings. The first-order valence-corrected chi connectivity index (χ1v) is 8.59. The van der Waals surface area contributed by atoms with Crippen LogP contribution in [0.25, 0.3) is 0 Å². The molecule has 2 fully saturated rings. The van der Waals surface area contributed by atoms with E-state index in [0.29, 0.717) is 0 Å². The number of piperazine rings is 1. The Hall–Kier alpha value is -1.01. The Balaban J connectivity index is 1.64. The summed E-state index contributed by atoms with van der Waals surface area (Å²) < 4.78 is 0. The molecule has 6 heteroatoms. The van der Waals surface area contributed by atoms with Gasteiger partial charge in [0.15, 0.2) is 5.16 Å². The fourth-order valence-electron chi connectivity index (χ4n) is 2.62. The standard InChI is InChI=1S/C14H23N5S/c1-15-12-9-13(17-14(16-12)20-2)19-7-5-18(6-8-19)10-11-3-4-11/h9,11H,3-8,10H2,1-2H3,(H,15,16,17). The SMILES string of the molecule is CNc1cc(N2CCN(CC3CC3)CC2)nc(SC)n1. The first-order valence-electron chi connectivity index (χ1n) is 7.36. The molecule has 20 heavy (non-hydrogen) atoms. The molecule has 0 amide bonds. The zero-order chi connectivity index (χ0) is 13.9. The fourth-order valence-corrected chi connectivity index (χ4v) is 2.99. The van der Waals surface area contributed by atoms with E-state index in [4.69, 9.17) is 0 Å². The van der Waals surface area contributed by atoms with Crippen molar-refractivity contribution in [3.63, 3.8) is 0 Å². The molecule has 0 unspecified atom stereocenters. The largest absolute Gasteiger partial charge is 0.373 e. The minimum Gasteiger partial charge on any atom is -0.373 e. The highest BCUT2D eigenvalue weighted by Gasteiger charge is 2.26. The van der Waals surface area contributed by atoms with Crippen LogP contribution in [0.1, 0.15) is 12.8 Å². The molecular formula is C14H23N5S. The molecule has 1 aromatic heterocycles. The van der Waals surface area contributed by atoms with Crippen LogP contribution < -0.4 is 10.2 Å². The third kappa shape index (κ3) is 3.35. The van der Waals surface area contributed by atoms with Gasteiger partial charge in [0, 0.05) is 45.8 Å². The summed E-state index contributed by atoms with van der Waals surface area (Å²) in [7, 11) is 1.91. The van der Waals surface area contributed by atoms with Crippen LogP contribution in [-0.4, -0.2) is 60.9 Å². The molecule has 0 atom stereocenters. The van der Waals surface area contributed by atoms with Crippen molar-refractivity contribution in [1.29, 1.82) is 0 Å². The van der Waals surface area contributed by atoms with Crippen LogP contribution in [0.2, 0.25) is 0 Å². The molecule has 110 valence electrons. The van der Waals surface area contributed by atoms with E-state index in [-0.39, 0.29) is 0 Å². The molecule has 0 aromatic carbocycles. The van der Waals surface area contributed by atoms with E-state index in [0.717, 1.165) is 48.9 Å². The number of anilines is 2. The summed E-state index contributed by atoms with van der Waals surface area (Å²) in [5.74, 6) is 2.94. The molecule has 1 saturated carbocycles. The van der Waals surface area contributed by atoms with Crippen LogP contribution in [0, 0.1) is 5.92 Å². The van der Waals surface area contributed by atoms with Crippen molar-refractivity contribution in [3.8, 4) is 0 Å². The molecule has 3 rings (SSSR count). The summed E-state index contributed by atoms with van der Waals surface area (Å²) in [6, 6.07) is 2.05. The molecule has 0 bridgehead atoms. The van der Waals surface area contributed by atoms with E-state index < -0.39 is 0 Å². The highest BCUT2D eigenvalue weighted by molar-refractivity contribution is 7.98. The number of hydrogen-bond donors (Lipinski definition) is 1. The maximum atomic E-state index is 4.64. The van der Waals surface area contributed by atoms with Crippen molar-refractivity contribution < 1.29 is 0 Å². The van der Waals surface area contributed by atoms with E-state index in [1.165, 1.54) is 19.4 Å². The van der Waals surface area contributed by atoms with Gasteiger partial charge in [0.05, 0.1) is 0 Å². The molecule has 0 spiro atoms. The van der Waals surface area contributed by atoms with Crippen molar-refractivity contribution in [2.45, 2.75) is 18.0 Å². The Morgan fingerprint density at radius 3 is 2.60 bits per heavy atom. The number of rotatable bonds is 5. The van der Waals surface area contributed by atoms with Crippen LogP contribution in [-0.2, 0) is 0 Å². The Kier molecular flexibility index (Phi) is 4.31. The van der Waals surface area contributed by atoms with Crippen molar-refractivity contribution >= 4 is 23.4 Å². The summed E-state index contributed by atoms with van der Waals surface area (Å²) >= 11 is 1.59. The zero-order valence-corrected chi connectivity index (χ0v) is 13.1. The predicted molar refractivity (Wildman–Crippen MR) is 84.7 cm³/mol. The lowest BCUT2D eigenvalue weighted by Crippen LogP contribution is -2.47. The summed E-state index contributed by atoms with van der Waals surface area (Å²) in [5.41, 5.74) is 0. The van der Waals surface area contributed by atoms with Crippen molar-refractivity contribution in [2.75, 3.05) is 56.2 Å². The predicted octanol–water partition coefficient (Wildman–Crippen LogP) is 1.77. The molecule has 0 radical (unpaired) electrons. The van der Waals surface area contributed by atoms with Crippen LogP contribution in [0.5, 0.6) is 0 Å². The lowest BCUT2D eigenvalue weighted by molar-refractivity contribution is 0.247. The van der Waals surface area contributed by atoms with Gasteiger partial charge in [0.25, 0.3) is 0 Å². The number of hydrogen-bond acceptors (Lipinski definition) is 6. The van der Waals surface area contributed by atoms with Gasteiger partial charge in [-0.1, -0.05) is 11.8 Å². The highest BCUT2D eigenvalue weighted by atomic mass is 32.2. The van der Waals surface area contributed by atoms with E-state index in [9.17, 15) is 0 Å². The Labute approximate surface area is 125 Å². The second kappa shape index (κ2) is 6.18. The minimum atomic E-state index is 0.840. The van der Waals surface area contributed by atoms with Crippen molar-refractivity contribution in [2.24, 2.45) is 5.92 Å². The molecule has 1 N–H and O–H groups in total. The molecule has 1 aliphatic heterocycles. The van der Waals surface area contributed by atoms with Crippen molar-refractivity contribution in [1.82, 2.24) is 14.9 Å². The lowest BCUT2D eigenvalue weighted by Gasteiger charge is -2.35. The number of nitrogens with one attached hydrogen (secondary N) is 1. The Morgan fingerprint density at radius 2 is 2.00 bits per heavy atom. The van der Waals surface area contributed by atoms with Crippen LogP contribution in [0.15, 0.2) is 11.2 Å². The lowest BCUT2D eigenvalue weighted by atomic mass is 10.2. The molecule has 5 nitrogen and oxygen atoms in total. The summed E-state index contributed by atoms with van der Waals surface area (Å²) in [6.45, 7) is 5.75. The third-order valence-corrected chi connectivity index (χ3v) is 4.59. The van der Waals surface area contributed by atoms with Crippen LogP contribution >= 0.6 is 11.8 Å². The maximum Gasteiger partial charge on any atom is 0.191 e. The highest BCUT2D eigenvalue weighted by Crippen LogP contribution is 2.30. The van der Waals surface area contributed by atoms with Gasteiger partial charge in [-0.3, -0.25) is 4.90 Å². The van der Waals surface area contributed by atoms with E-state index in [1.54, 1.807) is 11.8 Å². The van der Waals surface area contributed by atoms with Crippen LogP contribution in [0.3, 0.4) is 0 Å². The summed E-state index contributed by atoms with van der Waals surface area (Å²) in [4.78, 5) is 14.1. The average molecular weight is 293 g/mol.